The summed E-state index contributed by atoms with van der Waals surface area (Å²) in [6, 6.07) is 161. The number of hydrogen-bond acceptors (Lipinski definition) is 9. The SMILES string of the molecule is c1ccc(-c2cc(-c3cc(-n4c5ccccc5c5ccccc54)cc4c3sc3ccccc34)c3ccccc3n2)cc1.c1ccc(-c2cc(-c3cc(-n4c5ccccc5c5ccccc54)cc4c3sc3ccccc34)nc3ccccc23)cc1.c1ccc(-c2nc(-c3cccc4c3sc3ccccc34)nc(-c3cc(-n4c5ccccc5c5ccccc54)cc4c3sc3ccccc34)n2)cc1. The van der Waals surface area contributed by atoms with Crippen molar-refractivity contribution in [1.82, 2.24) is 38.6 Å². The minimum absolute atomic E-state index is 0.658. The van der Waals surface area contributed by atoms with Crippen LogP contribution >= 0.6 is 45.3 Å². The van der Waals surface area contributed by atoms with E-state index in [1.165, 1.54) is 175 Å². The number of thiophene rings is 4. The highest BCUT2D eigenvalue weighted by molar-refractivity contribution is 7.27. The third-order valence-corrected chi connectivity index (χ3v) is 31.5. The van der Waals surface area contributed by atoms with Gasteiger partial charge in [0.1, 0.15) is 0 Å². The lowest BCUT2D eigenvalue weighted by atomic mass is 9.96. The van der Waals surface area contributed by atoms with Gasteiger partial charge in [-0.25, -0.2) is 24.9 Å². The lowest BCUT2D eigenvalue weighted by molar-refractivity contribution is 1.08. The van der Waals surface area contributed by atoms with Crippen LogP contribution < -0.4 is 0 Å². The van der Waals surface area contributed by atoms with Gasteiger partial charge in [0.15, 0.2) is 17.5 Å². The molecule has 0 N–H and O–H groups in total. The summed E-state index contributed by atoms with van der Waals surface area (Å²) in [4.78, 5) is 26.2. The largest absolute Gasteiger partial charge is 0.309 e. The molecule has 0 atom stereocenters. The second-order valence-corrected chi connectivity index (χ2v) is 38.6. The minimum Gasteiger partial charge on any atom is -0.309 e. The summed E-state index contributed by atoms with van der Waals surface area (Å²) in [6.07, 6.45) is 0. The standard InChI is InChI=1S/C45H26N4S2.2C39H24N2S/c1-2-13-27(14-3-1)43-46-44(34-20-12-19-33-31-17-6-10-23-39(31)50-41(33)34)48-45(47-43)36-26-28(25-35-32-18-7-11-24-40(32)51-42(35)36)49-37-21-8-4-15-29(37)30-16-5-9-22-38(30)49;1-2-12-25(13-3-1)35-24-31(27-14-4-8-18-34(27)40-35)33-23-26(22-32-30-17-7-11-21-38(30)42-39(32)33)41-36-19-9-5-15-28(36)29-16-6-10-20-37(29)41;1-2-12-25(13-3-1)31-24-35(40-34-18-8-4-14-27(31)34)33-23-26(22-32-30-17-7-11-21-38(30)42-39(32)33)41-36-19-9-5-15-28(36)29-16-6-10-20-37(29)41/h1-26H;2*1-24H. The van der Waals surface area contributed by atoms with Crippen LogP contribution in [0.3, 0.4) is 0 Å². The molecule has 12 heteroatoms. The molecule has 0 radical (unpaired) electrons. The smallest absolute Gasteiger partial charge is 0.165 e. The Balaban J connectivity index is 0.000000104. The maximum atomic E-state index is 5.37. The third kappa shape index (κ3) is 13.1. The molecule has 0 amide bonds. The Morgan fingerprint density at radius 2 is 0.444 bits per heavy atom. The summed E-state index contributed by atoms with van der Waals surface area (Å²) in [7, 11) is 0. The first-order valence-electron chi connectivity index (χ1n) is 45.4. The van der Waals surface area contributed by atoms with Gasteiger partial charge in [-0.3, -0.25) is 0 Å². The molecular weight excluding hydrogens is 1720 g/mol. The molecule has 0 fully saturated rings. The first-order chi connectivity index (χ1) is 66.9. The van der Waals surface area contributed by atoms with Crippen LogP contribution in [0.2, 0.25) is 0 Å². The van der Waals surface area contributed by atoms with E-state index in [9.17, 15) is 0 Å². The number of pyridine rings is 2. The van der Waals surface area contributed by atoms with E-state index in [4.69, 9.17) is 24.9 Å². The van der Waals surface area contributed by atoms with Gasteiger partial charge in [0.2, 0.25) is 0 Å². The second-order valence-electron chi connectivity index (χ2n) is 34.3. The van der Waals surface area contributed by atoms with Gasteiger partial charge < -0.3 is 13.7 Å². The Labute approximate surface area is 790 Å². The van der Waals surface area contributed by atoms with E-state index in [0.29, 0.717) is 17.5 Å². The highest BCUT2D eigenvalue weighted by atomic mass is 32.1. The molecule has 0 unspecified atom stereocenters. The van der Waals surface area contributed by atoms with E-state index in [2.05, 4.69) is 444 Å². The lowest BCUT2D eigenvalue weighted by Crippen LogP contribution is -2.01. The number of benzene rings is 19. The van der Waals surface area contributed by atoms with Crippen molar-refractivity contribution >= 4 is 213 Å². The highest BCUT2D eigenvalue weighted by Gasteiger charge is 2.27. The van der Waals surface area contributed by atoms with Crippen LogP contribution in [0.25, 0.3) is 264 Å². The Kier molecular flexibility index (Phi) is 18.6. The summed E-state index contributed by atoms with van der Waals surface area (Å²) >= 11 is 7.32. The molecule has 0 aliphatic heterocycles. The zero-order valence-corrected chi connectivity index (χ0v) is 75.7. The Hall–Kier alpha value is -16.7. The summed E-state index contributed by atoms with van der Waals surface area (Å²) in [5, 5.41) is 19.9. The van der Waals surface area contributed by atoms with Gasteiger partial charge in [-0.15, -0.1) is 45.3 Å². The number of para-hydroxylation sites is 8. The first-order valence-corrected chi connectivity index (χ1v) is 48.7. The Bertz CT molecular complexity index is 9700. The fourth-order valence-electron chi connectivity index (χ4n) is 20.6. The quantitative estimate of drug-likeness (QED) is 0.136. The van der Waals surface area contributed by atoms with Crippen molar-refractivity contribution in [3.63, 3.8) is 0 Å². The van der Waals surface area contributed by atoms with Crippen molar-refractivity contribution in [2.45, 2.75) is 0 Å². The molecule has 19 aromatic carbocycles. The summed E-state index contributed by atoms with van der Waals surface area (Å²) < 4.78 is 17.2. The van der Waals surface area contributed by atoms with Crippen LogP contribution in [0.15, 0.2) is 449 Å². The van der Waals surface area contributed by atoms with Crippen molar-refractivity contribution in [1.29, 1.82) is 0 Å². The molecule has 0 aliphatic carbocycles. The van der Waals surface area contributed by atoms with E-state index in [0.717, 1.165) is 71.7 Å². The van der Waals surface area contributed by atoms with Gasteiger partial charge in [0.25, 0.3) is 0 Å². The zero-order valence-electron chi connectivity index (χ0n) is 72.4. The first kappa shape index (κ1) is 78.2. The molecule has 630 valence electrons. The molecule has 135 heavy (non-hydrogen) atoms. The van der Waals surface area contributed by atoms with Crippen molar-refractivity contribution in [3.8, 4) is 96.0 Å². The van der Waals surface area contributed by atoms with Gasteiger partial charge in [0.05, 0.1) is 55.5 Å². The van der Waals surface area contributed by atoms with E-state index in [-0.39, 0.29) is 0 Å². The summed E-state index contributed by atoms with van der Waals surface area (Å²) in [5.41, 5.74) is 24.7. The van der Waals surface area contributed by atoms with Gasteiger partial charge in [-0.2, -0.15) is 0 Å². The third-order valence-electron chi connectivity index (χ3n) is 26.6. The number of nitrogens with zero attached hydrogens (tertiary/aromatic N) is 8. The van der Waals surface area contributed by atoms with Gasteiger partial charge in [0, 0.05) is 174 Å². The number of fused-ring (bicyclic) bond motifs is 23. The molecule has 8 nitrogen and oxygen atoms in total. The molecule has 10 heterocycles. The number of rotatable bonds is 10. The number of hydrogen-bond donors (Lipinski definition) is 0. The van der Waals surface area contributed by atoms with Crippen LogP contribution in [-0.2, 0) is 0 Å². The predicted molar refractivity (Wildman–Crippen MR) is 576 cm³/mol. The number of aromatic nitrogens is 8. The molecule has 0 saturated heterocycles. The van der Waals surface area contributed by atoms with Crippen LogP contribution in [0.4, 0.5) is 0 Å². The van der Waals surface area contributed by atoms with Crippen LogP contribution in [-0.4, -0.2) is 38.6 Å². The molecule has 29 rings (SSSR count). The van der Waals surface area contributed by atoms with E-state index in [1.54, 1.807) is 22.7 Å². The average Bonchev–Trinajstić information content (AvgIpc) is 1.57. The predicted octanol–water partition coefficient (Wildman–Crippen LogP) is 34.8. The minimum atomic E-state index is 0.658. The van der Waals surface area contributed by atoms with E-state index in [1.807, 2.05) is 40.9 Å². The monoisotopic (exact) mass is 1790 g/mol. The van der Waals surface area contributed by atoms with Crippen molar-refractivity contribution in [3.05, 3.63) is 449 Å². The summed E-state index contributed by atoms with van der Waals surface area (Å²) in [6.45, 7) is 0. The molecule has 0 spiro atoms. The maximum absolute atomic E-state index is 5.37. The molecular formula is C123H74N8S4. The fraction of sp³-hybridized carbons (Fsp3) is 0. The molecule has 0 saturated carbocycles. The molecule has 0 bridgehead atoms. The van der Waals surface area contributed by atoms with Gasteiger partial charge in [-0.1, -0.05) is 322 Å². The average molecular weight is 1790 g/mol. The van der Waals surface area contributed by atoms with Crippen molar-refractivity contribution < 1.29 is 0 Å². The van der Waals surface area contributed by atoms with Gasteiger partial charge >= 0.3 is 0 Å². The highest BCUT2D eigenvalue weighted by Crippen LogP contribution is 2.51. The topological polar surface area (TPSA) is 79.2 Å². The van der Waals surface area contributed by atoms with Gasteiger partial charge in [-0.05, 0) is 144 Å². The van der Waals surface area contributed by atoms with Crippen molar-refractivity contribution in [2.75, 3.05) is 0 Å². The maximum Gasteiger partial charge on any atom is 0.165 e. The molecule has 0 aliphatic rings. The van der Waals surface area contributed by atoms with E-state index < -0.39 is 0 Å². The lowest BCUT2D eigenvalue weighted by Gasteiger charge is -2.15. The summed E-state index contributed by atoms with van der Waals surface area (Å²) in [5.74, 6) is 1.99. The van der Waals surface area contributed by atoms with Crippen LogP contribution in [0.5, 0.6) is 0 Å². The fourth-order valence-corrected chi connectivity index (χ4v) is 25.4. The Morgan fingerprint density at radius 1 is 0.156 bits per heavy atom. The second kappa shape index (κ2) is 32.1. The normalized spacial score (nSPS) is 11.9. The van der Waals surface area contributed by atoms with Crippen LogP contribution in [0, 0.1) is 0 Å². The van der Waals surface area contributed by atoms with Crippen LogP contribution in [0.1, 0.15) is 0 Å². The van der Waals surface area contributed by atoms with E-state index >= 15 is 0 Å². The molecule has 10 aromatic heterocycles. The van der Waals surface area contributed by atoms with Crippen molar-refractivity contribution in [2.24, 2.45) is 0 Å². The molecule has 29 aromatic rings. The zero-order chi connectivity index (χ0) is 88.7. The Morgan fingerprint density at radius 3 is 0.881 bits per heavy atom.